The lowest BCUT2D eigenvalue weighted by molar-refractivity contribution is -0.117. The summed E-state index contributed by atoms with van der Waals surface area (Å²) in [7, 11) is 3.34. The van der Waals surface area contributed by atoms with Crippen LogP contribution in [-0.4, -0.2) is 47.3 Å². The normalized spacial score (nSPS) is 11.1. The molecule has 0 bridgehead atoms. The Morgan fingerprint density at radius 2 is 1.97 bits per heavy atom. The summed E-state index contributed by atoms with van der Waals surface area (Å²) in [6, 6.07) is 7.05. The molecule has 152 valence electrons. The second-order valence-corrected chi connectivity index (χ2v) is 7.75. The van der Waals surface area contributed by atoms with Crippen LogP contribution in [0.15, 0.2) is 29.1 Å². The Kier molecular flexibility index (Phi) is 6.09. The second kappa shape index (κ2) is 8.54. The van der Waals surface area contributed by atoms with Gasteiger partial charge in [0.1, 0.15) is 16.4 Å². The number of carbonyl (C=O) groups is 2. The Bertz CT molecular complexity index is 1120. The van der Waals surface area contributed by atoms with Crippen LogP contribution in [0.2, 0.25) is 0 Å². The predicted octanol–water partition coefficient (Wildman–Crippen LogP) is 2.57. The number of Topliss-reactive ketones (excluding diaryl/α,β-unsaturated/α-hetero) is 1. The summed E-state index contributed by atoms with van der Waals surface area (Å²) in [6.45, 7) is 3.63. The van der Waals surface area contributed by atoms with Crippen molar-refractivity contribution in [1.29, 1.82) is 0 Å². The summed E-state index contributed by atoms with van der Waals surface area (Å²) in [5.74, 6) is 0.881. The SMILES string of the molecule is COc1ccc(NC(=O)CN(C)Cc2nc3sc(C(C)=O)c(C)c3c(=O)[nH]2)cc1. The van der Waals surface area contributed by atoms with Gasteiger partial charge in [-0.3, -0.25) is 19.3 Å². The van der Waals surface area contributed by atoms with Crippen molar-refractivity contribution in [3.05, 3.63) is 50.9 Å². The van der Waals surface area contributed by atoms with Crippen molar-refractivity contribution in [2.75, 3.05) is 26.0 Å². The van der Waals surface area contributed by atoms with Crippen LogP contribution in [0.1, 0.15) is 28.0 Å². The first-order valence-corrected chi connectivity index (χ1v) is 9.75. The van der Waals surface area contributed by atoms with Crippen molar-refractivity contribution in [1.82, 2.24) is 14.9 Å². The number of benzene rings is 1. The maximum absolute atomic E-state index is 12.4. The van der Waals surface area contributed by atoms with Gasteiger partial charge in [0.25, 0.3) is 5.56 Å². The van der Waals surface area contributed by atoms with Crippen LogP contribution in [-0.2, 0) is 11.3 Å². The van der Waals surface area contributed by atoms with Gasteiger partial charge in [-0.25, -0.2) is 4.98 Å². The number of aromatic amines is 1. The van der Waals surface area contributed by atoms with Crippen LogP contribution in [0.5, 0.6) is 5.75 Å². The first kappa shape index (κ1) is 20.7. The maximum atomic E-state index is 12.4. The molecule has 0 aliphatic heterocycles. The van der Waals surface area contributed by atoms with Crippen LogP contribution >= 0.6 is 11.3 Å². The molecular formula is C20H22N4O4S. The fourth-order valence-electron chi connectivity index (χ4n) is 3.03. The van der Waals surface area contributed by atoms with Crippen molar-refractivity contribution in [3.63, 3.8) is 0 Å². The number of ketones is 1. The van der Waals surface area contributed by atoms with E-state index < -0.39 is 0 Å². The Morgan fingerprint density at radius 1 is 1.28 bits per heavy atom. The number of nitrogens with one attached hydrogen (secondary N) is 2. The molecule has 0 fully saturated rings. The molecule has 0 saturated carbocycles. The van der Waals surface area contributed by atoms with Crippen LogP contribution < -0.4 is 15.6 Å². The van der Waals surface area contributed by atoms with Gasteiger partial charge in [-0.05, 0) is 50.7 Å². The molecule has 2 N–H and O–H groups in total. The molecule has 0 spiro atoms. The summed E-state index contributed by atoms with van der Waals surface area (Å²) in [4.78, 5) is 46.5. The van der Waals surface area contributed by atoms with E-state index in [1.165, 1.54) is 18.3 Å². The lowest BCUT2D eigenvalue weighted by atomic mass is 10.2. The Hall–Kier alpha value is -3.04. The molecule has 1 aromatic carbocycles. The molecule has 1 amide bonds. The highest BCUT2D eigenvalue weighted by molar-refractivity contribution is 7.20. The molecule has 29 heavy (non-hydrogen) atoms. The van der Waals surface area contributed by atoms with Crippen molar-refractivity contribution in [2.24, 2.45) is 0 Å². The summed E-state index contributed by atoms with van der Waals surface area (Å²) in [5, 5.41) is 3.26. The van der Waals surface area contributed by atoms with Crippen molar-refractivity contribution < 1.29 is 14.3 Å². The highest BCUT2D eigenvalue weighted by Crippen LogP contribution is 2.27. The number of H-pyrrole nitrogens is 1. The van der Waals surface area contributed by atoms with Gasteiger partial charge in [-0.1, -0.05) is 0 Å². The van der Waals surface area contributed by atoms with E-state index in [1.807, 2.05) is 0 Å². The third-order valence-electron chi connectivity index (χ3n) is 4.38. The molecule has 2 heterocycles. The molecule has 0 unspecified atom stereocenters. The van der Waals surface area contributed by atoms with Crippen LogP contribution in [0, 0.1) is 6.92 Å². The summed E-state index contributed by atoms with van der Waals surface area (Å²) < 4.78 is 5.09. The lowest BCUT2D eigenvalue weighted by Gasteiger charge is -2.15. The molecule has 3 aromatic rings. The zero-order chi connectivity index (χ0) is 21.1. The second-order valence-electron chi connectivity index (χ2n) is 6.75. The van der Waals surface area contributed by atoms with Crippen molar-refractivity contribution >= 4 is 38.9 Å². The van der Waals surface area contributed by atoms with Crippen molar-refractivity contribution in [3.8, 4) is 5.75 Å². The predicted molar refractivity (Wildman–Crippen MR) is 113 cm³/mol. The maximum Gasteiger partial charge on any atom is 0.259 e. The fraction of sp³-hybridized carbons (Fsp3) is 0.300. The Morgan fingerprint density at radius 3 is 2.59 bits per heavy atom. The number of likely N-dealkylation sites (N-methyl/N-ethyl adjacent to an activating group) is 1. The monoisotopic (exact) mass is 414 g/mol. The van der Waals surface area contributed by atoms with Gasteiger partial charge in [-0.15, -0.1) is 11.3 Å². The van der Waals surface area contributed by atoms with E-state index in [4.69, 9.17) is 4.74 Å². The average molecular weight is 414 g/mol. The number of fused-ring (bicyclic) bond motifs is 1. The topological polar surface area (TPSA) is 104 Å². The third kappa shape index (κ3) is 4.69. The van der Waals surface area contributed by atoms with E-state index in [1.54, 1.807) is 50.2 Å². The van der Waals surface area contributed by atoms with E-state index in [0.717, 1.165) is 0 Å². The molecule has 9 heteroatoms. The molecule has 0 atom stereocenters. The van der Waals surface area contributed by atoms with Gasteiger partial charge in [0.2, 0.25) is 5.91 Å². The first-order valence-electron chi connectivity index (χ1n) is 8.94. The number of aromatic nitrogens is 2. The van der Waals surface area contributed by atoms with Gasteiger partial charge in [0.05, 0.1) is 30.5 Å². The molecule has 0 saturated heterocycles. The van der Waals surface area contributed by atoms with Gasteiger partial charge in [-0.2, -0.15) is 0 Å². The van der Waals surface area contributed by atoms with Crippen LogP contribution in [0.25, 0.3) is 10.2 Å². The minimum atomic E-state index is -0.276. The van der Waals surface area contributed by atoms with E-state index in [2.05, 4.69) is 15.3 Å². The Labute approximate surface area is 171 Å². The average Bonchev–Trinajstić information content (AvgIpc) is 2.99. The van der Waals surface area contributed by atoms with E-state index in [0.29, 0.717) is 37.9 Å². The standard InChI is InChI=1S/C20H22N4O4S/c1-11-17-19(27)22-15(23-20(17)29-18(11)12(2)25)9-24(3)10-16(26)21-13-5-7-14(28-4)8-6-13/h5-8H,9-10H2,1-4H3,(H,21,26)(H,22,23,27). The Balaban J connectivity index is 1.68. The number of ether oxygens (including phenoxy) is 1. The van der Waals surface area contributed by atoms with Crippen molar-refractivity contribution in [2.45, 2.75) is 20.4 Å². The number of hydrogen-bond acceptors (Lipinski definition) is 7. The first-order chi connectivity index (χ1) is 13.8. The number of amides is 1. The fourth-order valence-corrected chi connectivity index (χ4v) is 4.13. The van der Waals surface area contributed by atoms with Crippen LogP contribution in [0.4, 0.5) is 5.69 Å². The molecule has 8 nitrogen and oxygen atoms in total. The summed E-state index contributed by atoms with van der Waals surface area (Å²) >= 11 is 1.22. The van der Waals surface area contributed by atoms with Gasteiger partial charge in [0, 0.05) is 5.69 Å². The van der Waals surface area contributed by atoms with E-state index in [9.17, 15) is 14.4 Å². The third-order valence-corrected chi connectivity index (χ3v) is 5.66. The number of thiophene rings is 1. The minimum absolute atomic E-state index is 0.0845. The van der Waals surface area contributed by atoms with Crippen LogP contribution in [0.3, 0.4) is 0 Å². The van der Waals surface area contributed by atoms with Gasteiger partial charge >= 0.3 is 0 Å². The smallest absolute Gasteiger partial charge is 0.259 e. The highest BCUT2D eigenvalue weighted by atomic mass is 32.1. The summed E-state index contributed by atoms with van der Waals surface area (Å²) in [5.41, 5.74) is 1.05. The number of methoxy groups -OCH3 is 1. The van der Waals surface area contributed by atoms with Gasteiger partial charge < -0.3 is 15.0 Å². The molecule has 2 aromatic heterocycles. The molecule has 0 radical (unpaired) electrons. The number of hydrogen-bond donors (Lipinski definition) is 2. The largest absolute Gasteiger partial charge is 0.497 e. The number of anilines is 1. The quantitative estimate of drug-likeness (QED) is 0.576. The highest BCUT2D eigenvalue weighted by Gasteiger charge is 2.17. The number of nitrogens with zero attached hydrogens (tertiary/aromatic N) is 2. The lowest BCUT2D eigenvalue weighted by Crippen LogP contribution is -2.31. The molecule has 0 aliphatic carbocycles. The van der Waals surface area contributed by atoms with Gasteiger partial charge in [0.15, 0.2) is 5.78 Å². The zero-order valence-corrected chi connectivity index (χ0v) is 17.5. The molecular weight excluding hydrogens is 392 g/mol. The molecule has 3 rings (SSSR count). The zero-order valence-electron chi connectivity index (χ0n) is 16.7. The summed E-state index contributed by atoms with van der Waals surface area (Å²) in [6.07, 6.45) is 0. The van der Waals surface area contributed by atoms with E-state index in [-0.39, 0.29) is 30.3 Å². The number of carbonyl (C=O) groups excluding carboxylic acids is 2. The number of aryl methyl sites for hydroxylation is 1. The molecule has 0 aliphatic rings. The number of rotatable bonds is 7. The van der Waals surface area contributed by atoms with E-state index >= 15 is 0 Å². The minimum Gasteiger partial charge on any atom is -0.497 e.